The molecule has 0 unspecified atom stereocenters. The molecular weight excluding hydrogens is 164 g/mol. The molecule has 2 nitrogen and oxygen atoms in total. The maximum absolute atomic E-state index is 9.07. The Labute approximate surface area is 78.2 Å². The Balaban J connectivity index is 2.16. The molecule has 1 aliphatic heterocycles. The van der Waals surface area contributed by atoms with Crippen molar-refractivity contribution < 1.29 is 9.84 Å². The summed E-state index contributed by atoms with van der Waals surface area (Å²) in [6, 6.07) is 10.3. The number of hydrogen-bond acceptors (Lipinski definition) is 2. The number of ether oxygens (including phenoxy) is 1. The van der Waals surface area contributed by atoms with Crippen LogP contribution in [0.5, 0.6) is 0 Å². The van der Waals surface area contributed by atoms with Crippen molar-refractivity contribution in [3.05, 3.63) is 35.9 Å². The molecule has 1 aromatic rings. The lowest BCUT2D eigenvalue weighted by molar-refractivity contribution is 0.0519. The van der Waals surface area contributed by atoms with Crippen molar-refractivity contribution in [2.75, 3.05) is 13.2 Å². The number of benzene rings is 1. The molecule has 2 heteroatoms. The fourth-order valence-electron chi connectivity index (χ4n) is 1.91. The summed E-state index contributed by atoms with van der Waals surface area (Å²) in [5.41, 5.74) is 1.28. The highest BCUT2D eigenvalue weighted by Crippen LogP contribution is 2.30. The predicted octanol–water partition coefficient (Wildman–Crippen LogP) is 1.55. The first-order chi connectivity index (χ1) is 6.42. The van der Waals surface area contributed by atoms with E-state index in [-0.39, 0.29) is 12.7 Å². The Hall–Kier alpha value is -0.860. The first kappa shape index (κ1) is 8.73. The molecule has 0 aromatic heterocycles. The second-order valence-electron chi connectivity index (χ2n) is 3.40. The first-order valence-electron chi connectivity index (χ1n) is 4.69. The van der Waals surface area contributed by atoms with Gasteiger partial charge in [-0.3, -0.25) is 0 Å². The van der Waals surface area contributed by atoms with Gasteiger partial charge in [0, 0.05) is 12.5 Å². The molecule has 1 saturated heterocycles. The third-order valence-corrected chi connectivity index (χ3v) is 2.62. The number of rotatable bonds is 2. The topological polar surface area (TPSA) is 29.5 Å². The van der Waals surface area contributed by atoms with Gasteiger partial charge in [-0.1, -0.05) is 30.3 Å². The van der Waals surface area contributed by atoms with Gasteiger partial charge in [-0.05, 0) is 12.0 Å². The predicted molar refractivity (Wildman–Crippen MR) is 50.6 cm³/mol. The van der Waals surface area contributed by atoms with Gasteiger partial charge in [0.15, 0.2) is 0 Å². The van der Waals surface area contributed by atoms with Gasteiger partial charge in [0.1, 0.15) is 0 Å². The van der Waals surface area contributed by atoms with Crippen LogP contribution in [0, 0.1) is 0 Å². The molecule has 1 heterocycles. The Morgan fingerprint density at radius 2 is 2.08 bits per heavy atom. The highest BCUT2D eigenvalue weighted by atomic mass is 16.5. The summed E-state index contributed by atoms with van der Waals surface area (Å²) in [6.07, 6.45) is 1.03. The SMILES string of the molecule is OC[C@@H]1OCC[C@H]1c1ccccc1. The van der Waals surface area contributed by atoms with Gasteiger partial charge in [-0.2, -0.15) is 0 Å². The van der Waals surface area contributed by atoms with E-state index in [1.807, 2.05) is 18.2 Å². The monoisotopic (exact) mass is 178 g/mol. The molecule has 70 valence electrons. The molecule has 0 spiro atoms. The fourth-order valence-corrected chi connectivity index (χ4v) is 1.91. The van der Waals surface area contributed by atoms with Crippen LogP contribution in [-0.4, -0.2) is 24.4 Å². The highest BCUT2D eigenvalue weighted by molar-refractivity contribution is 5.21. The highest BCUT2D eigenvalue weighted by Gasteiger charge is 2.28. The van der Waals surface area contributed by atoms with E-state index in [1.54, 1.807) is 0 Å². The Bertz CT molecular complexity index is 258. The number of aliphatic hydroxyl groups excluding tert-OH is 1. The van der Waals surface area contributed by atoms with Gasteiger partial charge in [-0.25, -0.2) is 0 Å². The van der Waals surface area contributed by atoms with Crippen molar-refractivity contribution in [1.29, 1.82) is 0 Å². The zero-order chi connectivity index (χ0) is 9.10. The Morgan fingerprint density at radius 1 is 1.31 bits per heavy atom. The van der Waals surface area contributed by atoms with Gasteiger partial charge in [-0.15, -0.1) is 0 Å². The van der Waals surface area contributed by atoms with E-state index >= 15 is 0 Å². The second-order valence-corrected chi connectivity index (χ2v) is 3.40. The molecule has 2 atom stereocenters. The van der Waals surface area contributed by atoms with Crippen molar-refractivity contribution >= 4 is 0 Å². The summed E-state index contributed by atoms with van der Waals surface area (Å²) in [5.74, 6) is 0.381. The summed E-state index contributed by atoms with van der Waals surface area (Å²) in [5, 5.41) is 9.07. The van der Waals surface area contributed by atoms with E-state index in [9.17, 15) is 0 Å². The smallest absolute Gasteiger partial charge is 0.0874 e. The van der Waals surface area contributed by atoms with E-state index in [0.717, 1.165) is 13.0 Å². The average Bonchev–Trinajstić information content (AvgIpc) is 2.67. The molecule has 0 amide bonds. The van der Waals surface area contributed by atoms with Crippen molar-refractivity contribution in [2.24, 2.45) is 0 Å². The van der Waals surface area contributed by atoms with Crippen LogP contribution in [0.15, 0.2) is 30.3 Å². The lowest BCUT2D eigenvalue weighted by atomic mass is 9.93. The van der Waals surface area contributed by atoms with Gasteiger partial charge < -0.3 is 9.84 Å². The summed E-state index contributed by atoms with van der Waals surface area (Å²) in [4.78, 5) is 0. The van der Waals surface area contributed by atoms with E-state index < -0.39 is 0 Å². The van der Waals surface area contributed by atoms with Crippen molar-refractivity contribution in [1.82, 2.24) is 0 Å². The maximum Gasteiger partial charge on any atom is 0.0874 e. The largest absolute Gasteiger partial charge is 0.394 e. The van der Waals surface area contributed by atoms with Crippen LogP contribution in [0.1, 0.15) is 17.9 Å². The molecule has 0 bridgehead atoms. The summed E-state index contributed by atoms with van der Waals surface area (Å²) >= 11 is 0. The molecule has 0 radical (unpaired) electrons. The molecule has 1 N–H and O–H groups in total. The van der Waals surface area contributed by atoms with Crippen LogP contribution in [0.3, 0.4) is 0 Å². The molecule has 2 rings (SSSR count). The minimum Gasteiger partial charge on any atom is -0.394 e. The molecule has 1 aromatic carbocycles. The van der Waals surface area contributed by atoms with Crippen LogP contribution < -0.4 is 0 Å². The Kier molecular flexibility index (Phi) is 2.62. The number of hydrogen-bond donors (Lipinski definition) is 1. The summed E-state index contributed by atoms with van der Waals surface area (Å²) in [7, 11) is 0. The molecule has 0 aliphatic carbocycles. The summed E-state index contributed by atoms with van der Waals surface area (Å²) in [6.45, 7) is 0.893. The van der Waals surface area contributed by atoms with E-state index in [1.165, 1.54) is 5.56 Å². The minimum absolute atomic E-state index is 0.00222. The van der Waals surface area contributed by atoms with Crippen molar-refractivity contribution in [3.8, 4) is 0 Å². The Morgan fingerprint density at radius 3 is 2.77 bits per heavy atom. The zero-order valence-corrected chi connectivity index (χ0v) is 7.52. The standard InChI is InChI=1S/C11H14O2/c12-8-11-10(6-7-13-11)9-4-2-1-3-5-9/h1-5,10-12H,6-8H2/t10-,11-/m0/s1. The van der Waals surface area contributed by atoms with Crippen LogP contribution in [-0.2, 0) is 4.74 Å². The van der Waals surface area contributed by atoms with Crippen molar-refractivity contribution in [2.45, 2.75) is 18.4 Å². The maximum atomic E-state index is 9.07. The molecule has 1 aliphatic rings. The van der Waals surface area contributed by atoms with Crippen molar-refractivity contribution in [3.63, 3.8) is 0 Å². The quantitative estimate of drug-likeness (QED) is 0.744. The molecular formula is C11H14O2. The zero-order valence-electron chi connectivity index (χ0n) is 7.52. The lowest BCUT2D eigenvalue weighted by Crippen LogP contribution is -2.18. The third kappa shape index (κ3) is 1.74. The van der Waals surface area contributed by atoms with Gasteiger partial charge in [0.2, 0.25) is 0 Å². The van der Waals surface area contributed by atoms with E-state index in [2.05, 4.69) is 12.1 Å². The molecule has 13 heavy (non-hydrogen) atoms. The van der Waals surface area contributed by atoms with Gasteiger partial charge in [0.25, 0.3) is 0 Å². The van der Waals surface area contributed by atoms with Crippen LogP contribution >= 0.6 is 0 Å². The molecule has 1 fully saturated rings. The first-order valence-corrected chi connectivity index (χ1v) is 4.69. The van der Waals surface area contributed by atoms with Crippen LogP contribution in [0.2, 0.25) is 0 Å². The van der Waals surface area contributed by atoms with Crippen LogP contribution in [0.4, 0.5) is 0 Å². The normalized spacial score (nSPS) is 27.8. The fraction of sp³-hybridized carbons (Fsp3) is 0.455. The van der Waals surface area contributed by atoms with E-state index in [0.29, 0.717) is 5.92 Å². The average molecular weight is 178 g/mol. The second kappa shape index (κ2) is 3.90. The molecule has 0 saturated carbocycles. The number of aliphatic hydroxyl groups is 1. The van der Waals surface area contributed by atoms with E-state index in [4.69, 9.17) is 9.84 Å². The van der Waals surface area contributed by atoms with Gasteiger partial charge >= 0.3 is 0 Å². The van der Waals surface area contributed by atoms with Gasteiger partial charge in [0.05, 0.1) is 12.7 Å². The summed E-state index contributed by atoms with van der Waals surface area (Å²) < 4.78 is 5.42. The third-order valence-electron chi connectivity index (χ3n) is 2.62. The minimum atomic E-state index is 0.00222. The lowest BCUT2D eigenvalue weighted by Gasteiger charge is -2.15. The van der Waals surface area contributed by atoms with Crippen LogP contribution in [0.25, 0.3) is 0 Å².